The molecule has 0 saturated heterocycles. The molecule has 0 saturated carbocycles. The minimum atomic E-state index is -0.159. The number of amides is 1. The van der Waals surface area contributed by atoms with Gasteiger partial charge in [-0.1, -0.05) is 29.8 Å². The molecule has 0 bridgehead atoms. The first-order valence-corrected chi connectivity index (χ1v) is 6.79. The number of benzene rings is 1. The molecule has 0 aliphatic rings. The molecule has 2 aromatic rings. The zero-order chi connectivity index (χ0) is 14.4. The van der Waals surface area contributed by atoms with Gasteiger partial charge in [0.05, 0.1) is 12.2 Å². The van der Waals surface area contributed by atoms with Crippen molar-refractivity contribution in [3.05, 3.63) is 58.9 Å². The maximum atomic E-state index is 11.8. The van der Waals surface area contributed by atoms with E-state index in [1.807, 2.05) is 35.9 Å². The van der Waals surface area contributed by atoms with Crippen molar-refractivity contribution < 1.29 is 4.79 Å². The van der Waals surface area contributed by atoms with E-state index < -0.39 is 0 Å². The summed E-state index contributed by atoms with van der Waals surface area (Å²) in [6, 6.07) is 9.27. The first-order valence-electron chi connectivity index (χ1n) is 6.42. The van der Waals surface area contributed by atoms with Gasteiger partial charge in [0.2, 0.25) is 5.91 Å². The lowest BCUT2D eigenvalue weighted by atomic mass is 10.2. The predicted octanol–water partition coefficient (Wildman–Crippen LogP) is 2.89. The monoisotopic (exact) mass is 289 g/mol. The van der Waals surface area contributed by atoms with Gasteiger partial charge in [-0.2, -0.15) is 5.10 Å². The molecular formula is C15H16ClN3O. The molecule has 104 valence electrons. The third-order valence-corrected chi connectivity index (χ3v) is 3.21. The molecule has 1 amide bonds. The number of halogens is 1. The van der Waals surface area contributed by atoms with Crippen molar-refractivity contribution in [1.29, 1.82) is 0 Å². The Morgan fingerprint density at radius 3 is 2.95 bits per heavy atom. The van der Waals surface area contributed by atoms with E-state index >= 15 is 0 Å². The highest BCUT2D eigenvalue weighted by Crippen LogP contribution is 2.15. The Balaban J connectivity index is 1.92. The second-order valence-electron chi connectivity index (χ2n) is 4.21. The number of carbonyl (C=O) groups is 1. The topological polar surface area (TPSA) is 46.9 Å². The summed E-state index contributed by atoms with van der Waals surface area (Å²) in [6.07, 6.45) is 4.91. The maximum Gasteiger partial charge on any atom is 0.244 e. The Hall–Kier alpha value is -2.07. The molecule has 0 aliphatic carbocycles. The first-order chi connectivity index (χ1) is 9.70. The zero-order valence-corrected chi connectivity index (χ0v) is 12.0. The Morgan fingerprint density at radius 2 is 2.20 bits per heavy atom. The number of nitrogens with zero attached hydrogens (tertiary/aromatic N) is 2. The van der Waals surface area contributed by atoms with E-state index in [4.69, 9.17) is 11.6 Å². The van der Waals surface area contributed by atoms with E-state index in [1.165, 1.54) is 6.08 Å². The van der Waals surface area contributed by atoms with Gasteiger partial charge in [-0.3, -0.25) is 9.48 Å². The molecular weight excluding hydrogens is 274 g/mol. The van der Waals surface area contributed by atoms with Crippen molar-refractivity contribution in [3.63, 3.8) is 0 Å². The lowest BCUT2D eigenvalue weighted by Crippen LogP contribution is -2.22. The predicted molar refractivity (Wildman–Crippen MR) is 80.2 cm³/mol. The van der Waals surface area contributed by atoms with Gasteiger partial charge >= 0.3 is 0 Å². The number of aromatic nitrogens is 2. The molecule has 0 radical (unpaired) electrons. The van der Waals surface area contributed by atoms with E-state index in [0.29, 0.717) is 11.6 Å². The summed E-state index contributed by atoms with van der Waals surface area (Å²) in [5.74, 6) is -0.159. The van der Waals surface area contributed by atoms with Crippen LogP contribution in [0, 0.1) is 0 Å². The van der Waals surface area contributed by atoms with E-state index in [-0.39, 0.29) is 5.91 Å². The second-order valence-corrected chi connectivity index (χ2v) is 4.62. The Kier molecular flexibility index (Phi) is 4.96. The standard InChI is InChI=1S/C15H16ClN3O/c1-2-19-13(9-10-18-19)11-17-15(20)8-7-12-5-3-4-6-14(12)16/h3-10H,2,11H2,1H3,(H,17,20)/b8-7+. The minimum absolute atomic E-state index is 0.159. The summed E-state index contributed by atoms with van der Waals surface area (Å²) >= 11 is 6.01. The molecule has 0 unspecified atom stereocenters. The van der Waals surface area contributed by atoms with E-state index in [0.717, 1.165) is 17.8 Å². The van der Waals surface area contributed by atoms with E-state index in [9.17, 15) is 4.79 Å². The molecule has 0 spiro atoms. The zero-order valence-electron chi connectivity index (χ0n) is 11.2. The average Bonchev–Trinajstić information content (AvgIpc) is 2.91. The quantitative estimate of drug-likeness (QED) is 0.860. The van der Waals surface area contributed by atoms with Crippen molar-refractivity contribution in [2.24, 2.45) is 0 Å². The normalized spacial score (nSPS) is 10.9. The highest BCUT2D eigenvalue weighted by Gasteiger charge is 2.02. The van der Waals surface area contributed by atoms with Crippen LogP contribution < -0.4 is 5.32 Å². The molecule has 4 nitrogen and oxygen atoms in total. The van der Waals surface area contributed by atoms with Gasteiger partial charge < -0.3 is 5.32 Å². The SMILES string of the molecule is CCn1nccc1CNC(=O)/C=C/c1ccccc1Cl. The van der Waals surface area contributed by atoms with Crippen LogP contribution in [0.3, 0.4) is 0 Å². The van der Waals surface area contributed by atoms with Gasteiger partial charge in [0.15, 0.2) is 0 Å². The van der Waals surface area contributed by atoms with Crippen LogP contribution in [0.4, 0.5) is 0 Å². The summed E-state index contributed by atoms with van der Waals surface area (Å²) in [5, 5.41) is 7.59. The van der Waals surface area contributed by atoms with Crippen LogP contribution in [0.2, 0.25) is 5.02 Å². The fourth-order valence-corrected chi connectivity index (χ4v) is 2.01. The first kappa shape index (κ1) is 14.3. The van der Waals surface area contributed by atoms with Gasteiger partial charge in [0.25, 0.3) is 0 Å². The third kappa shape index (κ3) is 3.71. The van der Waals surface area contributed by atoms with Gasteiger partial charge in [-0.15, -0.1) is 0 Å². The van der Waals surface area contributed by atoms with Crippen LogP contribution >= 0.6 is 11.6 Å². The number of rotatable bonds is 5. The number of carbonyl (C=O) groups excluding carboxylic acids is 1. The molecule has 5 heteroatoms. The van der Waals surface area contributed by atoms with Crippen LogP contribution in [0.25, 0.3) is 6.08 Å². The number of hydrogen-bond donors (Lipinski definition) is 1. The van der Waals surface area contributed by atoms with Crippen molar-refractivity contribution in [1.82, 2.24) is 15.1 Å². The minimum Gasteiger partial charge on any atom is -0.347 e. The molecule has 20 heavy (non-hydrogen) atoms. The van der Waals surface area contributed by atoms with Crippen LogP contribution in [-0.4, -0.2) is 15.7 Å². The maximum absolute atomic E-state index is 11.8. The lowest BCUT2D eigenvalue weighted by molar-refractivity contribution is -0.116. The lowest BCUT2D eigenvalue weighted by Gasteiger charge is -2.05. The largest absolute Gasteiger partial charge is 0.347 e. The fourth-order valence-electron chi connectivity index (χ4n) is 1.81. The van der Waals surface area contributed by atoms with Crippen LogP contribution in [-0.2, 0) is 17.9 Å². The summed E-state index contributed by atoms with van der Waals surface area (Å²) in [7, 11) is 0. The van der Waals surface area contributed by atoms with Gasteiger partial charge in [-0.05, 0) is 30.7 Å². The van der Waals surface area contributed by atoms with Gasteiger partial charge in [0.1, 0.15) is 0 Å². The molecule has 1 aromatic carbocycles. The molecule has 0 aliphatic heterocycles. The third-order valence-electron chi connectivity index (χ3n) is 2.87. The summed E-state index contributed by atoms with van der Waals surface area (Å²) in [4.78, 5) is 11.8. The summed E-state index contributed by atoms with van der Waals surface area (Å²) < 4.78 is 1.85. The molecule has 2 rings (SSSR count). The van der Waals surface area contributed by atoms with Crippen LogP contribution in [0.15, 0.2) is 42.6 Å². The molecule has 0 atom stereocenters. The molecule has 1 heterocycles. The Labute approximate surface area is 123 Å². The average molecular weight is 290 g/mol. The van der Waals surface area contributed by atoms with Crippen molar-refractivity contribution in [2.75, 3.05) is 0 Å². The van der Waals surface area contributed by atoms with E-state index in [1.54, 1.807) is 18.3 Å². The number of hydrogen-bond acceptors (Lipinski definition) is 2. The Bertz CT molecular complexity index is 619. The molecule has 1 aromatic heterocycles. The second kappa shape index (κ2) is 6.91. The highest BCUT2D eigenvalue weighted by atomic mass is 35.5. The number of aryl methyl sites for hydroxylation is 1. The molecule has 0 fully saturated rings. The number of nitrogens with one attached hydrogen (secondary N) is 1. The smallest absolute Gasteiger partial charge is 0.244 e. The van der Waals surface area contributed by atoms with Gasteiger partial charge in [-0.25, -0.2) is 0 Å². The Morgan fingerprint density at radius 1 is 1.40 bits per heavy atom. The molecule has 1 N–H and O–H groups in total. The van der Waals surface area contributed by atoms with Crippen molar-refractivity contribution in [2.45, 2.75) is 20.0 Å². The van der Waals surface area contributed by atoms with Crippen molar-refractivity contribution >= 4 is 23.6 Å². The van der Waals surface area contributed by atoms with E-state index in [2.05, 4.69) is 10.4 Å². The summed E-state index contributed by atoms with van der Waals surface area (Å²) in [6.45, 7) is 3.25. The summed E-state index contributed by atoms with van der Waals surface area (Å²) in [5.41, 5.74) is 1.80. The highest BCUT2D eigenvalue weighted by molar-refractivity contribution is 6.32. The van der Waals surface area contributed by atoms with Crippen LogP contribution in [0.5, 0.6) is 0 Å². The van der Waals surface area contributed by atoms with Gasteiger partial charge in [0, 0.05) is 23.8 Å². The van der Waals surface area contributed by atoms with Crippen LogP contribution in [0.1, 0.15) is 18.2 Å². The fraction of sp³-hybridized carbons (Fsp3) is 0.200. The van der Waals surface area contributed by atoms with Crippen molar-refractivity contribution in [3.8, 4) is 0 Å².